The summed E-state index contributed by atoms with van der Waals surface area (Å²) in [6, 6.07) is 9.48. The van der Waals surface area contributed by atoms with E-state index in [2.05, 4.69) is 10.3 Å². The molecule has 4 rings (SSSR count). The highest BCUT2D eigenvalue weighted by Gasteiger charge is 2.34. The number of aryl methyl sites for hydroxylation is 1. The third-order valence-electron chi connectivity index (χ3n) is 5.63. The maximum Gasteiger partial charge on any atom is 0.255 e. The molecule has 170 valence electrons. The SMILES string of the molecule is CNC(=O)c1c(-c2ccc(C)cc2)oc2nc(N(CCCO)S(C)(=O)=O)c(C3CC3)cc12. The summed E-state index contributed by atoms with van der Waals surface area (Å²) in [4.78, 5) is 17.4. The minimum absolute atomic E-state index is 0.112. The van der Waals surface area contributed by atoms with Gasteiger partial charge in [-0.05, 0) is 43.7 Å². The summed E-state index contributed by atoms with van der Waals surface area (Å²) in [5.41, 5.74) is 3.18. The Labute approximate surface area is 187 Å². The topological polar surface area (TPSA) is 113 Å². The molecule has 0 spiro atoms. The van der Waals surface area contributed by atoms with E-state index in [9.17, 15) is 18.3 Å². The van der Waals surface area contributed by atoms with Crippen molar-refractivity contribution < 1.29 is 22.7 Å². The first kappa shape index (κ1) is 22.3. The van der Waals surface area contributed by atoms with Gasteiger partial charge in [0.05, 0.1) is 17.2 Å². The largest absolute Gasteiger partial charge is 0.437 e. The number of hydrogen-bond acceptors (Lipinski definition) is 6. The van der Waals surface area contributed by atoms with E-state index in [0.29, 0.717) is 22.5 Å². The molecule has 9 heteroatoms. The molecule has 0 saturated heterocycles. The predicted octanol–water partition coefficient (Wildman–Crippen LogP) is 3.19. The summed E-state index contributed by atoms with van der Waals surface area (Å²) in [5, 5.41) is 12.5. The van der Waals surface area contributed by atoms with Crippen LogP contribution in [0.2, 0.25) is 0 Å². The number of nitrogens with one attached hydrogen (secondary N) is 1. The van der Waals surface area contributed by atoms with E-state index in [4.69, 9.17) is 4.42 Å². The van der Waals surface area contributed by atoms with Gasteiger partial charge in [-0.1, -0.05) is 29.8 Å². The van der Waals surface area contributed by atoms with E-state index >= 15 is 0 Å². The molecular weight excluding hydrogens is 430 g/mol. The number of fused-ring (bicyclic) bond motifs is 1. The Morgan fingerprint density at radius 2 is 1.97 bits per heavy atom. The molecule has 1 aromatic carbocycles. The molecule has 0 unspecified atom stereocenters. The molecule has 1 fully saturated rings. The fraction of sp³-hybridized carbons (Fsp3) is 0.391. The van der Waals surface area contributed by atoms with Crippen molar-refractivity contribution in [1.29, 1.82) is 0 Å². The summed E-state index contributed by atoms with van der Waals surface area (Å²) in [5.74, 6) is 0.585. The minimum atomic E-state index is -3.63. The number of anilines is 1. The summed E-state index contributed by atoms with van der Waals surface area (Å²) < 4.78 is 32.4. The lowest BCUT2D eigenvalue weighted by molar-refractivity contribution is 0.0964. The van der Waals surface area contributed by atoms with E-state index in [-0.39, 0.29) is 37.1 Å². The number of aliphatic hydroxyl groups is 1. The van der Waals surface area contributed by atoms with Gasteiger partial charge in [0, 0.05) is 25.8 Å². The zero-order valence-corrected chi connectivity index (χ0v) is 19.2. The van der Waals surface area contributed by atoms with Crippen LogP contribution in [-0.2, 0) is 10.0 Å². The number of carbonyl (C=O) groups is 1. The van der Waals surface area contributed by atoms with E-state index in [1.165, 1.54) is 4.31 Å². The van der Waals surface area contributed by atoms with E-state index in [1.807, 2.05) is 37.3 Å². The van der Waals surface area contributed by atoms with Gasteiger partial charge in [0.25, 0.3) is 5.91 Å². The van der Waals surface area contributed by atoms with Crippen molar-refractivity contribution in [3.63, 3.8) is 0 Å². The zero-order valence-electron chi connectivity index (χ0n) is 18.4. The lowest BCUT2D eigenvalue weighted by atomic mass is 10.0. The summed E-state index contributed by atoms with van der Waals surface area (Å²) in [6.45, 7) is 1.96. The van der Waals surface area contributed by atoms with Gasteiger partial charge in [-0.15, -0.1) is 0 Å². The Balaban J connectivity index is 1.97. The number of aromatic nitrogens is 1. The summed E-state index contributed by atoms with van der Waals surface area (Å²) in [6.07, 6.45) is 3.27. The molecule has 0 radical (unpaired) electrons. The van der Waals surface area contributed by atoms with Gasteiger partial charge >= 0.3 is 0 Å². The first-order valence-electron chi connectivity index (χ1n) is 10.6. The molecular formula is C23H27N3O5S. The molecule has 2 heterocycles. The Morgan fingerprint density at radius 3 is 2.53 bits per heavy atom. The van der Waals surface area contributed by atoms with Crippen LogP contribution in [0.1, 0.15) is 46.7 Å². The monoisotopic (exact) mass is 457 g/mol. The van der Waals surface area contributed by atoms with Gasteiger partial charge in [0.2, 0.25) is 15.7 Å². The number of pyridine rings is 1. The van der Waals surface area contributed by atoms with Crippen molar-refractivity contribution in [3.05, 3.63) is 47.0 Å². The summed E-state index contributed by atoms with van der Waals surface area (Å²) >= 11 is 0. The summed E-state index contributed by atoms with van der Waals surface area (Å²) in [7, 11) is -2.07. The number of furan rings is 1. The number of rotatable bonds is 8. The third-order valence-corrected chi connectivity index (χ3v) is 6.79. The Kier molecular flexibility index (Phi) is 5.96. The van der Waals surface area contributed by atoms with E-state index in [0.717, 1.165) is 35.8 Å². The van der Waals surface area contributed by atoms with Crippen LogP contribution < -0.4 is 9.62 Å². The number of benzene rings is 1. The minimum Gasteiger partial charge on any atom is -0.437 e. The molecule has 2 aromatic heterocycles. The van der Waals surface area contributed by atoms with Gasteiger partial charge < -0.3 is 14.8 Å². The lowest BCUT2D eigenvalue weighted by Crippen LogP contribution is -2.33. The smallest absolute Gasteiger partial charge is 0.255 e. The average molecular weight is 458 g/mol. The van der Waals surface area contributed by atoms with E-state index < -0.39 is 10.0 Å². The Hall–Kier alpha value is -2.91. The number of hydrogen-bond donors (Lipinski definition) is 2. The normalized spacial score (nSPS) is 14.0. The van der Waals surface area contributed by atoms with Gasteiger partial charge in [-0.25, -0.2) is 8.42 Å². The van der Waals surface area contributed by atoms with Crippen LogP contribution in [0.15, 0.2) is 34.7 Å². The van der Waals surface area contributed by atoms with E-state index in [1.54, 1.807) is 7.05 Å². The van der Waals surface area contributed by atoms with Gasteiger partial charge in [0.1, 0.15) is 11.6 Å². The maximum absolute atomic E-state index is 12.8. The second-order valence-electron chi connectivity index (χ2n) is 8.19. The van der Waals surface area contributed by atoms with Crippen molar-refractivity contribution in [2.45, 2.75) is 32.1 Å². The van der Waals surface area contributed by atoms with Crippen LogP contribution >= 0.6 is 0 Å². The van der Waals surface area contributed by atoms with Crippen LogP contribution in [0, 0.1) is 6.92 Å². The zero-order chi connectivity index (χ0) is 23.0. The number of carbonyl (C=O) groups excluding carboxylic acids is 1. The van der Waals surface area contributed by atoms with Gasteiger partial charge in [-0.3, -0.25) is 9.10 Å². The molecule has 0 atom stereocenters. The number of aliphatic hydroxyl groups excluding tert-OH is 1. The van der Waals surface area contributed by atoms with Crippen molar-refractivity contribution in [1.82, 2.24) is 10.3 Å². The second-order valence-corrected chi connectivity index (χ2v) is 10.1. The molecule has 1 saturated carbocycles. The van der Waals surface area contributed by atoms with Crippen LogP contribution in [0.3, 0.4) is 0 Å². The molecule has 3 aromatic rings. The second kappa shape index (κ2) is 8.55. The van der Waals surface area contributed by atoms with Crippen molar-refractivity contribution in [2.75, 3.05) is 30.8 Å². The Bertz CT molecular complexity index is 1260. The highest BCUT2D eigenvalue weighted by Crippen LogP contribution is 2.46. The number of sulfonamides is 1. The Morgan fingerprint density at radius 1 is 1.28 bits per heavy atom. The molecule has 0 bridgehead atoms. The highest BCUT2D eigenvalue weighted by molar-refractivity contribution is 7.92. The number of amides is 1. The molecule has 8 nitrogen and oxygen atoms in total. The first-order chi connectivity index (χ1) is 15.2. The van der Waals surface area contributed by atoms with Crippen molar-refractivity contribution in [3.8, 4) is 11.3 Å². The predicted molar refractivity (Wildman–Crippen MR) is 123 cm³/mol. The number of nitrogens with zero attached hydrogens (tertiary/aromatic N) is 2. The molecule has 32 heavy (non-hydrogen) atoms. The van der Waals surface area contributed by atoms with Crippen molar-refractivity contribution in [2.24, 2.45) is 0 Å². The quantitative estimate of drug-likeness (QED) is 0.537. The lowest BCUT2D eigenvalue weighted by Gasteiger charge is -2.23. The van der Waals surface area contributed by atoms with Crippen LogP contribution in [0.25, 0.3) is 22.4 Å². The maximum atomic E-state index is 12.8. The molecule has 0 aliphatic heterocycles. The molecule has 1 aliphatic rings. The van der Waals surface area contributed by atoms with Gasteiger partial charge in [-0.2, -0.15) is 4.98 Å². The highest BCUT2D eigenvalue weighted by atomic mass is 32.2. The molecule has 1 aliphatic carbocycles. The third kappa shape index (κ3) is 4.22. The average Bonchev–Trinajstić information content (AvgIpc) is 3.53. The first-order valence-corrected chi connectivity index (χ1v) is 12.4. The van der Waals surface area contributed by atoms with Crippen molar-refractivity contribution >= 4 is 32.8 Å². The fourth-order valence-electron chi connectivity index (χ4n) is 3.83. The standard InChI is InChI=1S/C23H27N3O5S/c1-14-5-7-16(8-6-14)20-19(22(28)24-2)18-13-17(15-9-10-15)21(25-23(18)31-20)26(11-4-12-27)32(3,29)30/h5-8,13,15,27H,4,9-12H2,1-3H3,(H,24,28). The molecule has 2 N–H and O–H groups in total. The van der Waals surface area contributed by atoms with Crippen LogP contribution in [0.4, 0.5) is 5.82 Å². The fourth-order valence-corrected chi connectivity index (χ4v) is 4.75. The van der Waals surface area contributed by atoms with Crippen LogP contribution in [0.5, 0.6) is 0 Å². The molecule has 1 amide bonds. The van der Waals surface area contributed by atoms with Crippen LogP contribution in [-0.4, -0.2) is 50.9 Å². The van der Waals surface area contributed by atoms with Gasteiger partial charge in [0.15, 0.2) is 0 Å².